The smallest absolute Gasteiger partial charge is 0.119 e. The Morgan fingerprint density at radius 1 is 1.36 bits per heavy atom. The molecule has 0 saturated heterocycles. The van der Waals surface area contributed by atoms with Gasteiger partial charge in [0.25, 0.3) is 0 Å². The van der Waals surface area contributed by atoms with Gasteiger partial charge in [0.05, 0.1) is 6.61 Å². The van der Waals surface area contributed by atoms with Crippen LogP contribution < -0.4 is 10.5 Å². The van der Waals surface area contributed by atoms with Crippen molar-refractivity contribution < 1.29 is 9.84 Å². The Kier molecular flexibility index (Phi) is 4.43. The summed E-state index contributed by atoms with van der Waals surface area (Å²) in [5, 5.41) is 8.56. The molecule has 1 atom stereocenters. The monoisotopic (exact) mass is 195 g/mol. The molecule has 0 saturated carbocycles. The maximum Gasteiger partial charge on any atom is 0.119 e. The highest BCUT2D eigenvalue weighted by molar-refractivity contribution is 5.28. The topological polar surface area (TPSA) is 55.5 Å². The fourth-order valence-electron chi connectivity index (χ4n) is 1.12. The van der Waals surface area contributed by atoms with E-state index < -0.39 is 0 Å². The molecule has 1 rings (SSSR count). The lowest BCUT2D eigenvalue weighted by atomic mass is 10.1. The molecule has 0 aliphatic carbocycles. The van der Waals surface area contributed by atoms with Crippen molar-refractivity contribution in [3.8, 4) is 5.75 Å². The molecule has 1 aromatic carbocycles. The van der Waals surface area contributed by atoms with E-state index in [4.69, 9.17) is 15.6 Å². The van der Waals surface area contributed by atoms with Gasteiger partial charge in [-0.3, -0.25) is 0 Å². The molecule has 0 heterocycles. The van der Waals surface area contributed by atoms with Crippen molar-refractivity contribution in [1.29, 1.82) is 0 Å². The van der Waals surface area contributed by atoms with E-state index in [0.717, 1.165) is 11.3 Å². The van der Waals surface area contributed by atoms with E-state index in [1.807, 2.05) is 31.2 Å². The van der Waals surface area contributed by atoms with E-state index in [-0.39, 0.29) is 12.6 Å². The van der Waals surface area contributed by atoms with Crippen LogP contribution in [0.3, 0.4) is 0 Å². The van der Waals surface area contributed by atoms with Gasteiger partial charge in [-0.15, -0.1) is 0 Å². The standard InChI is InChI=1S/C11H17NO2/c1-9(12)10-3-5-11(6-4-10)14-8-2-7-13/h3-6,9,13H,2,7-8,12H2,1H3. The van der Waals surface area contributed by atoms with E-state index in [0.29, 0.717) is 13.0 Å². The van der Waals surface area contributed by atoms with Gasteiger partial charge in [0.2, 0.25) is 0 Å². The molecule has 3 nitrogen and oxygen atoms in total. The molecule has 0 aromatic heterocycles. The number of nitrogens with two attached hydrogens (primary N) is 1. The minimum atomic E-state index is 0.0569. The molecule has 3 N–H and O–H groups in total. The van der Waals surface area contributed by atoms with Crippen LogP contribution in [0.15, 0.2) is 24.3 Å². The third-order valence-electron chi connectivity index (χ3n) is 1.98. The van der Waals surface area contributed by atoms with E-state index in [9.17, 15) is 0 Å². The van der Waals surface area contributed by atoms with E-state index in [1.165, 1.54) is 0 Å². The molecule has 1 aromatic rings. The Labute approximate surface area is 84.5 Å². The maximum atomic E-state index is 8.56. The van der Waals surface area contributed by atoms with Crippen LogP contribution in [0.1, 0.15) is 24.9 Å². The van der Waals surface area contributed by atoms with Gasteiger partial charge >= 0.3 is 0 Å². The summed E-state index contributed by atoms with van der Waals surface area (Å²) in [6.07, 6.45) is 0.662. The lowest BCUT2D eigenvalue weighted by Crippen LogP contribution is -2.05. The molecule has 0 spiro atoms. The Balaban J connectivity index is 2.47. The van der Waals surface area contributed by atoms with Crippen molar-refractivity contribution in [2.75, 3.05) is 13.2 Å². The van der Waals surface area contributed by atoms with Gasteiger partial charge in [0, 0.05) is 19.1 Å². The molecule has 78 valence electrons. The molecule has 0 aliphatic rings. The van der Waals surface area contributed by atoms with Crippen LogP contribution in [-0.2, 0) is 0 Å². The summed E-state index contributed by atoms with van der Waals surface area (Å²) in [4.78, 5) is 0. The molecular formula is C11H17NO2. The summed E-state index contributed by atoms with van der Waals surface area (Å²) in [7, 11) is 0. The van der Waals surface area contributed by atoms with Crippen LogP contribution in [0, 0.1) is 0 Å². The second-order valence-corrected chi connectivity index (χ2v) is 3.28. The summed E-state index contributed by atoms with van der Waals surface area (Å²) in [5.74, 6) is 0.822. The van der Waals surface area contributed by atoms with Crippen LogP contribution in [0.25, 0.3) is 0 Å². The predicted octanol–water partition coefficient (Wildman–Crippen LogP) is 1.47. The molecule has 0 bridgehead atoms. The number of hydrogen-bond acceptors (Lipinski definition) is 3. The molecule has 1 unspecified atom stereocenters. The fourth-order valence-corrected chi connectivity index (χ4v) is 1.12. The van der Waals surface area contributed by atoms with Crippen molar-refractivity contribution >= 4 is 0 Å². The van der Waals surface area contributed by atoms with E-state index in [2.05, 4.69) is 0 Å². The molecule has 3 heteroatoms. The third kappa shape index (κ3) is 3.36. The van der Waals surface area contributed by atoms with E-state index in [1.54, 1.807) is 0 Å². The summed E-state index contributed by atoms with van der Waals surface area (Å²) >= 11 is 0. The minimum Gasteiger partial charge on any atom is -0.494 e. The third-order valence-corrected chi connectivity index (χ3v) is 1.98. The summed E-state index contributed by atoms with van der Waals surface area (Å²) < 4.78 is 5.38. The zero-order valence-corrected chi connectivity index (χ0v) is 8.44. The van der Waals surface area contributed by atoms with Crippen molar-refractivity contribution in [3.63, 3.8) is 0 Å². The zero-order valence-electron chi connectivity index (χ0n) is 8.44. The van der Waals surface area contributed by atoms with Gasteiger partial charge < -0.3 is 15.6 Å². The summed E-state index contributed by atoms with van der Waals surface area (Å²) in [6, 6.07) is 7.77. The number of rotatable bonds is 5. The minimum absolute atomic E-state index is 0.0569. The second kappa shape index (κ2) is 5.62. The lowest BCUT2D eigenvalue weighted by molar-refractivity contribution is 0.233. The van der Waals surface area contributed by atoms with E-state index >= 15 is 0 Å². The first-order valence-corrected chi connectivity index (χ1v) is 4.83. The highest BCUT2D eigenvalue weighted by Gasteiger charge is 1.99. The highest BCUT2D eigenvalue weighted by atomic mass is 16.5. The molecule has 14 heavy (non-hydrogen) atoms. The SMILES string of the molecule is CC(N)c1ccc(OCCCO)cc1. The molecule has 0 amide bonds. The van der Waals surface area contributed by atoms with Crippen LogP contribution in [-0.4, -0.2) is 18.3 Å². The Morgan fingerprint density at radius 3 is 2.50 bits per heavy atom. The van der Waals surface area contributed by atoms with Gasteiger partial charge in [-0.2, -0.15) is 0 Å². The zero-order chi connectivity index (χ0) is 10.4. The van der Waals surface area contributed by atoms with Gasteiger partial charge in [-0.1, -0.05) is 12.1 Å². The first-order chi connectivity index (χ1) is 6.74. The molecule has 0 radical (unpaired) electrons. The van der Waals surface area contributed by atoms with Gasteiger partial charge in [-0.05, 0) is 24.6 Å². The number of hydrogen-bond donors (Lipinski definition) is 2. The molecule has 0 fully saturated rings. The quantitative estimate of drug-likeness (QED) is 0.699. The number of aliphatic hydroxyl groups excluding tert-OH is 1. The first kappa shape index (κ1) is 11.0. The van der Waals surface area contributed by atoms with Crippen LogP contribution in [0.2, 0.25) is 0 Å². The normalized spacial score (nSPS) is 12.5. The molecular weight excluding hydrogens is 178 g/mol. The number of ether oxygens (including phenoxy) is 1. The van der Waals surface area contributed by atoms with Gasteiger partial charge in [0.1, 0.15) is 5.75 Å². The van der Waals surface area contributed by atoms with Crippen LogP contribution >= 0.6 is 0 Å². The highest BCUT2D eigenvalue weighted by Crippen LogP contribution is 2.15. The van der Waals surface area contributed by atoms with Gasteiger partial charge in [-0.25, -0.2) is 0 Å². The number of benzene rings is 1. The van der Waals surface area contributed by atoms with Crippen molar-refractivity contribution in [2.45, 2.75) is 19.4 Å². The first-order valence-electron chi connectivity index (χ1n) is 4.83. The fraction of sp³-hybridized carbons (Fsp3) is 0.455. The van der Waals surface area contributed by atoms with Crippen LogP contribution in [0.4, 0.5) is 0 Å². The Bertz CT molecular complexity index is 256. The van der Waals surface area contributed by atoms with Crippen molar-refractivity contribution in [1.82, 2.24) is 0 Å². The Hall–Kier alpha value is -1.06. The van der Waals surface area contributed by atoms with Crippen molar-refractivity contribution in [3.05, 3.63) is 29.8 Å². The Morgan fingerprint density at radius 2 is 2.00 bits per heavy atom. The largest absolute Gasteiger partial charge is 0.494 e. The lowest BCUT2D eigenvalue weighted by Gasteiger charge is -2.08. The average Bonchev–Trinajstić information content (AvgIpc) is 2.19. The van der Waals surface area contributed by atoms with Gasteiger partial charge in [0.15, 0.2) is 0 Å². The molecule has 0 aliphatic heterocycles. The summed E-state index contributed by atoms with van der Waals surface area (Å²) in [6.45, 7) is 2.66. The summed E-state index contributed by atoms with van der Waals surface area (Å²) in [5.41, 5.74) is 6.81. The second-order valence-electron chi connectivity index (χ2n) is 3.28. The van der Waals surface area contributed by atoms with Crippen LogP contribution in [0.5, 0.6) is 5.75 Å². The number of aliphatic hydroxyl groups is 1. The van der Waals surface area contributed by atoms with Crippen molar-refractivity contribution in [2.24, 2.45) is 5.73 Å². The predicted molar refractivity (Wildman–Crippen MR) is 56.2 cm³/mol. The average molecular weight is 195 g/mol. The maximum absolute atomic E-state index is 8.56.